The average molecular weight is 710 g/mol. The Labute approximate surface area is 267 Å². The lowest BCUT2D eigenvalue weighted by molar-refractivity contribution is -0.193. The summed E-state index contributed by atoms with van der Waals surface area (Å²) in [4.78, 5) is 52.5. The van der Waals surface area contributed by atoms with Crippen molar-refractivity contribution >= 4 is 29.6 Å². The molecule has 0 atom stereocenters. The van der Waals surface area contributed by atoms with Gasteiger partial charge in [0.2, 0.25) is 0 Å². The van der Waals surface area contributed by atoms with E-state index in [1.54, 1.807) is 25.2 Å². The summed E-state index contributed by atoms with van der Waals surface area (Å²) in [7, 11) is 3.56. The van der Waals surface area contributed by atoms with Gasteiger partial charge in [-0.25, -0.2) is 19.4 Å². The Bertz CT molecular complexity index is 1310. The van der Waals surface area contributed by atoms with Crippen molar-refractivity contribution in [3.63, 3.8) is 0 Å². The van der Waals surface area contributed by atoms with Crippen molar-refractivity contribution in [2.24, 2.45) is 0 Å². The summed E-state index contributed by atoms with van der Waals surface area (Å²) in [6.07, 6.45) is -9.73. The minimum atomic E-state index is -5.08. The number of nitrogens with zero attached hydrogens (tertiary/aromatic N) is 4. The number of nitrogens with one attached hydrogen (secondary N) is 1. The first-order valence-corrected chi connectivity index (χ1v) is 13.3. The Morgan fingerprint density at radius 1 is 0.875 bits per heavy atom. The first kappa shape index (κ1) is 43.3. The van der Waals surface area contributed by atoms with Crippen molar-refractivity contribution in [2.45, 2.75) is 57.8 Å². The van der Waals surface area contributed by atoms with E-state index < -0.39 is 36.4 Å². The minimum absolute atomic E-state index is 0.00934. The molecule has 3 rings (SSSR count). The van der Waals surface area contributed by atoms with Crippen LogP contribution in [0.2, 0.25) is 0 Å². The number of aliphatic carboxylic acids is 3. The van der Waals surface area contributed by atoms with Crippen LogP contribution in [0.4, 0.5) is 45.3 Å². The number of carbonyl (C=O) groups is 4. The number of pyridine rings is 2. The molecule has 2 aromatic rings. The van der Waals surface area contributed by atoms with Gasteiger partial charge >= 0.3 is 36.4 Å². The lowest BCUT2D eigenvalue weighted by atomic mass is 10.0. The van der Waals surface area contributed by atoms with Gasteiger partial charge in [-0.05, 0) is 43.5 Å². The van der Waals surface area contributed by atoms with Crippen LogP contribution in [-0.4, -0.2) is 111 Å². The maximum absolute atomic E-state index is 12.7. The van der Waals surface area contributed by atoms with Gasteiger partial charge < -0.3 is 25.5 Å². The molecule has 0 unspecified atom stereocenters. The maximum Gasteiger partial charge on any atom is 0.490 e. The molecule has 0 fully saturated rings. The highest BCUT2D eigenvalue weighted by Crippen LogP contribution is 2.24. The largest absolute Gasteiger partial charge is 0.490 e. The van der Waals surface area contributed by atoms with E-state index in [4.69, 9.17) is 34.7 Å². The number of carboxylic acids is 3. The summed E-state index contributed by atoms with van der Waals surface area (Å²) in [5.41, 5.74) is 4.17. The van der Waals surface area contributed by atoms with Gasteiger partial charge in [0.15, 0.2) is 0 Å². The molecule has 12 nitrogen and oxygen atoms in total. The second-order valence-electron chi connectivity index (χ2n) is 10.0. The maximum atomic E-state index is 12.7. The quantitative estimate of drug-likeness (QED) is 0.322. The molecule has 0 radical (unpaired) electrons. The third kappa shape index (κ3) is 16.7. The molecule has 1 aliphatic rings. The lowest BCUT2D eigenvalue weighted by Crippen LogP contribution is -2.26. The fourth-order valence-corrected chi connectivity index (χ4v) is 3.38. The number of carboxylic acid groups (broad SMARTS) is 3. The van der Waals surface area contributed by atoms with Crippen LogP contribution < -0.4 is 5.32 Å². The Morgan fingerprint density at radius 2 is 1.33 bits per heavy atom. The Kier molecular flexibility index (Phi) is 16.8. The van der Waals surface area contributed by atoms with Crippen LogP contribution in [-0.2, 0) is 33.8 Å². The van der Waals surface area contributed by atoms with Gasteiger partial charge in [-0.3, -0.25) is 14.7 Å². The molecule has 21 heteroatoms. The number of carbonyl (C=O) groups excluding carboxylic acids is 1. The van der Waals surface area contributed by atoms with Gasteiger partial charge in [0, 0.05) is 64.3 Å². The Morgan fingerprint density at radius 3 is 1.71 bits per heavy atom. The number of aromatic nitrogens is 2. The molecule has 0 aliphatic carbocycles. The van der Waals surface area contributed by atoms with Crippen molar-refractivity contribution in [2.75, 3.05) is 32.5 Å². The first-order chi connectivity index (χ1) is 21.8. The molecule has 0 saturated carbocycles. The smallest absolute Gasteiger partial charge is 0.475 e. The Balaban J connectivity index is 0.000000855. The molecule has 0 spiro atoms. The van der Waals surface area contributed by atoms with Gasteiger partial charge in [0.1, 0.15) is 5.82 Å². The number of fused-ring (bicyclic) bond motifs is 1. The average Bonchev–Trinajstić information content (AvgIpc) is 3.13. The summed E-state index contributed by atoms with van der Waals surface area (Å²) in [6, 6.07) is 6.36. The second-order valence-corrected chi connectivity index (χ2v) is 10.0. The fraction of sp³-hybridized carbons (Fsp3) is 0.481. The van der Waals surface area contributed by atoms with E-state index in [-0.39, 0.29) is 11.9 Å². The van der Waals surface area contributed by atoms with Crippen LogP contribution in [0.3, 0.4) is 0 Å². The van der Waals surface area contributed by atoms with Gasteiger partial charge in [0.05, 0.1) is 5.56 Å². The van der Waals surface area contributed by atoms with E-state index >= 15 is 0 Å². The number of rotatable bonds is 5. The number of hydrogen-bond donors (Lipinski definition) is 4. The summed E-state index contributed by atoms with van der Waals surface area (Å²) in [6.45, 7) is 6.93. The van der Waals surface area contributed by atoms with Crippen molar-refractivity contribution in [3.05, 3.63) is 53.0 Å². The molecule has 1 amide bonds. The Hall–Kier alpha value is -4.69. The van der Waals surface area contributed by atoms with Crippen molar-refractivity contribution in [3.8, 4) is 0 Å². The van der Waals surface area contributed by atoms with E-state index in [1.165, 1.54) is 11.1 Å². The highest BCUT2D eigenvalue weighted by atomic mass is 19.4. The van der Waals surface area contributed by atoms with E-state index in [0.29, 0.717) is 11.4 Å². The standard InChI is InChI=1S/C21H29N5O.3C2HF3O2/c1-15(2)23-20-18(21(27)25(3)4)12-17-7-10-26(11-8-19(17)24-20)14-16-6-5-9-22-13-16;3*3-2(4,5)1(6)7/h5-6,9,12-13,15H,7-8,10-11,14H2,1-4H3,(H,23,24);3*(H,6,7). The van der Waals surface area contributed by atoms with Crippen LogP contribution in [0.1, 0.15) is 41.0 Å². The molecule has 1 aliphatic heterocycles. The van der Waals surface area contributed by atoms with Gasteiger partial charge in [-0.1, -0.05) is 6.07 Å². The molecular weight excluding hydrogens is 677 g/mol. The SMILES string of the molecule is CC(C)Nc1nc2c(cc1C(=O)N(C)C)CCN(Cc1cccnc1)CC2.O=C(O)C(F)(F)F.O=C(O)C(F)(F)F.O=C(O)C(F)(F)F. The van der Waals surface area contributed by atoms with E-state index in [0.717, 1.165) is 38.2 Å². The highest BCUT2D eigenvalue weighted by molar-refractivity contribution is 5.98. The van der Waals surface area contributed by atoms with Crippen molar-refractivity contribution in [1.82, 2.24) is 19.8 Å². The zero-order chi connectivity index (χ0) is 37.6. The summed E-state index contributed by atoms with van der Waals surface area (Å²) >= 11 is 0. The van der Waals surface area contributed by atoms with Crippen LogP contribution in [0, 0.1) is 0 Å². The lowest BCUT2D eigenvalue weighted by Gasteiger charge is -2.19. The predicted octanol–water partition coefficient (Wildman–Crippen LogP) is 4.50. The number of anilines is 1. The van der Waals surface area contributed by atoms with E-state index in [1.807, 2.05) is 18.3 Å². The monoisotopic (exact) mass is 709 g/mol. The molecule has 0 saturated heterocycles. The molecule has 270 valence electrons. The van der Waals surface area contributed by atoms with Crippen LogP contribution in [0.5, 0.6) is 0 Å². The zero-order valence-corrected chi connectivity index (χ0v) is 25.7. The first-order valence-electron chi connectivity index (χ1n) is 13.3. The predicted molar refractivity (Wildman–Crippen MR) is 149 cm³/mol. The normalized spacial score (nSPS) is 13.1. The number of hydrogen-bond acceptors (Lipinski definition) is 8. The van der Waals surface area contributed by atoms with Crippen LogP contribution in [0.25, 0.3) is 0 Å². The van der Waals surface area contributed by atoms with Gasteiger partial charge in [-0.15, -0.1) is 0 Å². The number of amides is 1. The van der Waals surface area contributed by atoms with Crippen LogP contribution >= 0.6 is 0 Å². The fourth-order valence-electron chi connectivity index (χ4n) is 3.38. The second kappa shape index (κ2) is 18.6. The summed E-state index contributed by atoms with van der Waals surface area (Å²) < 4.78 is 95.2. The summed E-state index contributed by atoms with van der Waals surface area (Å²) in [5.74, 6) is -7.58. The third-order valence-electron chi connectivity index (χ3n) is 5.47. The zero-order valence-electron chi connectivity index (χ0n) is 25.7. The molecular formula is C27H32F9N5O7. The highest BCUT2D eigenvalue weighted by Gasteiger charge is 2.39. The molecule has 2 aromatic heterocycles. The minimum Gasteiger partial charge on any atom is -0.475 e. The van der Waals surface area contributed by atoms with Gasteiger partial charge in [0.25, 0.3) is 5.91 Å². The summed E-state index contributed by atoms with van der Waals surface area (Å²) in [5, 5.41) is 24.7. The van der Waals surface area contributed by atoms with E-state index in [2.05, 4.69) is 35.1 Å². The number of halogens is 9. The van der Waals surface area contributed by atoms with Crippen LogP contribution in [0.15, 0.2) is 30.6 Å². The topological polar surface area (TPSA) is 173 Å². The van der Waals surface area contributed by atoms with Crippen molar-refractivity contribution in [1.29, 1.82) is 0 Å². The van der Waals surface area contributed by atoms with Crippen molar-refractivity contribution < 1.29 is 74.0 Å². The molecule has 0 bridgehead atoms. The molecule has 48 heavy (non-hydrogen) atoms. The molecule has 3 heterocycles. The van der Waals surface area contributed by atoms with E-state index in [9.17, 15) is 44.3 Å². The molecule has 4 N–H and O–H groups in total. The third-order valence-corrected chi connectivity index (χ3v) is 5.47. The van der Waals surface area contributed by atoms with Gasteiger partial charge in [-0.2, -0.15) is 39.5 Å². The molecule has 0 aromatic carbocycles. The number of alkyl halides is 9.